The number of rotatable bonds is 7. The maximum atomic E-state index is 6.43. The van der Waals surface area contributed by atoms with Crippen molar-refractivity contribution in [2.24, 2.45) is 0 Å². The first-order valence-electron chi connectivity index (χ1n) is 9.11. The van der Waals surface area contributed by atoms with Gasteiger partial charge in [-0.25, -0.2) is 0 Å². The van der Waals surface area contributed by atoms with Gasteiger partial charge in [-0.1, -0.05) is 37.0 Å². The summed E-state index contributed by atoms with van der Waals surface area (Å²) in [6, 6.07) is 5.50. The molecular formula is C20H25Cl2N3O. The van der Waals surface area contributed by atoms with Crippen LogP contribution in [-0.2, 0) is 6.54 Å². The van der Waals surface area contributed by atoms with Crippen LogP contribution in [0.15, 0.2) is 22.6 Å². The van der Waals surface area contributed by atoms with Gasteiger partial charge in [-0.3, -0.25) is 4.90 Å². The predicted molar refractivity (Wildman–Crippen MR) is 108 cm³/mol. The lowest BCUT2D eigenvalue weighted by Crippen LogP contribution is -2.25. The number of benzene rings is 1. The number of nitrogens with zero attached hydrogens (tertiary/aromatic N) is 3. The zero-order chi connectivity index (χ0) is 18.8. The van der Waals surface area contributed by atoms with Crippen molar-refractivity contribution in [2.45, 2.75) is 47.1 Å². The number of aromatic nitrogens is 2. The molecule has 0 N–H and O–H groups in total. The summed E-state index contributed by atoms with van der Waals surface area (Å²) in [6.45, 7) is 11.4. The molecule has 0 spiro atoms. The van der Waals surface area contributed by atoms with Crippen LogP contribution in [0.1, 0.15) is 43.7 Å². The monoisotopic (exact) mass is 393 g/mol. The van der Waals surface area contributed by atoms with Gasteiger partial charge in [-0.2, -0.15) is 9.61 Å². The second-order valence-electron chi connectivity index (χ2n) is 6.69. The van der Waals surface area contributed by atoms with Gasteiger partial charge in [0.1, 0.15) is 11.5 Å². The lowest BCUT2D eigenvalue weighted by molar-refractivity contribution is 0.266. The van der Waals surface area contributed by atoms with Crippen LogP contribution in [0.2, 0.25) is 10.0 Å². The van der Waals surface area contributed by atoms with Gasteiger partial charge in [0.05, 0.1) is 16.3 Å². The predicted octanol–water partition coefficient (Wildman–Crippen LogP) is 6.14. The highest BCUT2D eigenvalue weighted by atomic mass is 35.5. The fourth-order valence-electron chi connectivity index (χ4n) is 3.43. The third kappa shape index (κ3) is 3.64. The summed E-state index contributed by atoms with van der Waals surface area (Å²) in [4.78, 5) is 2.46. The van der Waals surface area contributed by atoms with Gasteiger partial charge in [0.25, 0.3) is 0 Å². The molecule has 26 heavy (non-hydrogen) atoms. The molecule has 0 radical (unpaired) electrons. The van der Waals surface area contributed by atoms with Crippen molar-refractivity contribution in [1.29, 1.82) is 0 Å². The van der Waals surface area contributed by atoms with Gasteiger partial charge >= 0.3 is 0 Å². The maximum Gasteiger partial charge on any atom is 0.227 e. The van der Waals surface area contributed by atoms with Crippen LogP contribution >= 0.6 is 23.2 Å². The number of oxazole rings is 1. The minimum atomic E-state index is 0.594. The average molecular weight is 394 g/mol. The Morgan fingerprint density at radius 3 is 2.42 bits per heavy atom. The average Bonchev–Trinajstić information content (AvgIpc) is 3.03. The van der Waals surface area contributed by atoms with Crippen LogP contribution in [0.3, 0.4) is 0 Å². The Morgan fingerprint density at radius 2 is 1.81 bits per heavy atom. The summed E-state index contributed by atoms with van der Waals surface area (Å²) in [5, 5.41) is 5.96. The van der Waals surface area contributed by atoms with E-state index in [2.05, 4.69) is 18.7 Å². The molecule has 0 atom stereocenters. The van der Waals surface area contributed by atoms with Crippen molar-refractivity contribution in [3.63, 3.8) is 0 Å². The molecule has 0 aliphatic carbocycles. The maximum absolute atomic E-state index is 6.43. The van der Waals surface area contributed by atoms with Crippen LogP contribution < -0.4 is 0 Å². The van der Waals surface area contributed by atoms with E-state index in [-0.39, 0.29) is 0 Å². The highest BCUT2D eigenvalue weighted by molar-refractivity contribution is 6.36. The summed E-state index contributed by atoms with van der Waals surface area (Å²) in [7, 11) is 0. The lowest BCUT2D eigenvalue weighted by Gasteiger charge is -2.20. The van der Waals surface area contributed by atoms with E-state index in [4.69, 9.17) is 32.7 Å². The van der Waals surface area contributed by atoms with Crippen LogP contribution in [-0.4, -0.2) is 27.6 Å². The van der Waals surface area contributed by atoms with Crippen molar-refractivity contribution in [2.75, 3.05) is 13.1 Å². The largest absolute Gasteiger partial charge is 0.441 e. The zero-order valence-corrected chi connectivity index (χ0v) is 17.3. The van der Waals surface area contributed by atoms with Crippen molar-refractivity contribution in [3.05, 3.63) is 45.3 Å². The SMILES string of the molecule is CCCN(CCC)Cc1c(C)nn2c(-c3ccc(Cl)cc3Cl)c(C)oc12. The van der Waals surface area contributed by atoms with Gasteiger partial charge in [0, 0.05) is 17.1 Å². The molecule has 3 aromatic rings. The first-order valence-corrected chi connectivity index (χ1v) is 9.87. The molecule has 2 heterocycles. The first kappa shape index (κ1) is 19.3. The molecule has 4 nitrogen and oxygen atoms in total. The fraction of sp³-hybridized carbons (Fsp3) is 0.450. The van der Waals surface area contributed by atoms with Crippen LogP contribution in [0.4, 0.5) is 0 Å². The fourth-order valence-corrected chi connectivity index (χ4v) is 3.93. The first-order chi connectivity index (χ1) is 12.5. The Morgan fingerprint density at radius 1 is 1.12 bits per heavy atom. The lowest BCUT2D eigenvalue weighted by atomic mass is 10.1. The van der Waals surface area contributed by atoms with Crippen LogP contribution in [0.5, 0.6) is 0 Å². The summed E-state index contributed by atoms with van der Waals surface area (Å²) < 4.78 is 8.01. The molecule has 0 unspecified atom stereocenters. The van der Waals surface area contributed by atoms with Gasteiger partial charge in [-0.15, -0.1) is 0 Å². The summed E-state index contributed by atoms with van der Waals surface area (Å²) >= 11 is 12.5. The van der Waals surface area contributed by atoms with E-state index in [1.165, 1.54) is 0 Å². The third-order valence-electron chi connectivity index (χ3n) is 4.58. The van der Waals surface area contributed by atoms with E-state index >= 15 is 0 Å². The van der Waals surface area contributed by atoms with Crippen LogP contribution in [0.25, 0.3) is 17.0 Å². The van der Waals surface area contributed by atoms with Crippen molar-refractivity contribution < 1.29 is 4.42 Å². The minimum Gasteiger partial charge on any atom is -0.441 e. The van der Waals surface area contributed by atoms with E-state index in [1.54, 1.807) is 6.07 Å². The number of aryl methyl sites for hydroxylation is 2. The Bertz CT molecular complexity index is 908. The van der Waals surface area contributed by atoms with Gasteiger partial charge in [-0.05, 0) is 58.0 Å². The quantitative estimate of drug-likeness (QED) is 0.483. The topological polar surface area (TPSA) is 33.7 Å². The molecule has 0 saturated carbocycles. The number of hydrogen-bond acceptors (Lipinski definition) is 3. The van der Waals surface area contributed by atoms with E-state index in [1.807, 2.05) is 30.5 Å². The van der Waals surface area contributed by atoms with Gasteiger partial charge in [0.15, 0.2) is 0 Å². The molecule has 0 amide bonds. The van der Waals surface area contributed by atoms with Gasteiger partial charge < -0.3 is 4.42 Å². The second kappa shape index (κ2) is 8.03. The standard InChI is InChI=1S/C20H25Cl2N3O/c1-5-9-24(10-6-2)12-17-13(3)23-25-19(14(4)26-20(17)25)16-8-7-15(21)11-18(16)22/h7-8,11H,5-6,9-10,12H2,1-4H3. The normalized spacial score (nSPS) is 11.8. The molecule has 0 fully saturated rings. The number of hydrogen-bond donors (Lipinski definition) is 0. The summed E-state index contributed by atoms with van der Waals surface area (Å²) in [6.07, 6.45) is 2.26. The molecule has 0 saturated heterocycles. The second-order valence-corrected chi connectivity index (χ2v) is 7.53. The third-order valence-corrected chi connectivity index (χ3v) is 5.13. The van der Waals surface area contributed by atoms with Crippen molar-refractivity contribution in [1.82, 2.24) is 14.5 Å². The number of halogens is 2. The van der Waals surface area contributed by atoms with Crippen LogP contribution in [0, 0.1) is 13.8 Å². The summed E-state index contributed by atoms with van der Waals surface area (Å²) in [5.74, 6) is 0.801. The molecule has 3 rings (SSSR count). The van der Waals surface area contributed by atoms with E-state index in [0.717, 1.165) is 66.5 Å². The van der Waals surface area contributed by atoms with E-state index in [0.29, 0.717) is 10.0 Å². The zero-order valence-electron chi connectivity index (χ0n) is 15.8. The smallest absolute Gasteiger partial charge is 0.227 e. The molecule has 6 heteroatoms. The van der Waals surface area contributed by atoms with E-state index < -0.39 is 0 Å². The minimum absolute atomic E-state index is 0.594. The molecule has 0 aliphatic heterocycles. The van der Waals surface area contributed by atoms with E-state index in [9.17, 15) is 0 Å². The molecular weight excluding hydrogens is 369 g/mol. The Labute approximate surface area is 164 Å². The summed E-state index contributed by atoms with van der Waals surface area (Å²) in [5.41, 5.74) is 4.70. The molecule has 0 bridgehead atoms. The highest BCUT2D eigenvalue weighted by Crippen LogP contribution is 2.35. The highest BCUT2D eigenvalue weighted by Gasteiger charge is 2.22. The Hall–Kier alpha value is -1.49. The Kier molecular flexibility index (Phi) is 5.96. The van der Waals surface area contributed by atoms with Crippen molar-refractivity contribution in [3.8, 4) is 11.3 Å². The van der Waals surface area contributed by atoms with Crippen molar-refractivity contribution >= 4 is 28.9 Å². The van der Waals surface area contributed by atoms with Gasteiger partial charge in [0.2, 0.25) is 5.71 Å². The molecule has 1 aromatic carbocycles. The molecule has 0 aliphatic rings. The number of fused-ring (bicyclic) bond motifs is 1. The molecule has 140 valence electrons. The molecule has 2 aromatic heterocycles. The Balaban J connectivity index is 2.08.